The maximum atomic E-state index is 4.56. The molecule has 0 unspecified atom stereocenters. The van der Waals surface area contributed by atoms with Crippen LogP contribution in [0.3, 0.4) is 0 Å². The van der Waals surface area contributed by atoms with Gasteiger partial charge in [0.15, 0.2) is 0 Å². The van der Waals surface area contributed by atoms with E-state index in [9.17, 15) is 0 Å². The molecule has 9 rings (SSSR count). The molecule has 0 N–H and O–H groups in total. The number of nitrogens with zero attached hydrogens (tertiary/aromatic N) is 3. The van der Waals surface area contributed by atoms with Gasteiger partial charge in [0.2, 0.25) is 0 Å². The molecule has 0 aliphatic carbocycles. The zero-order valence-electron chi connectivity index (χ0n) is 26.1. The van der Waals surface area contributed by atoms with E-state index >= 15 is 0 Å². The number of benzene rings is 6. The fourth-order valence-electron chi connectivity index (χ4n) is 7.16. The van der Waals surface area contributed by atoms with Crippen LogP contribution in [0.15, 0.2) is 177 Å². The van der Waals surface area contributed by atoms with E-state index in [1.54, 1.807) is 0 Å². The molecule has 0 amide bonds. The van der Waals surface area contributed by atoms with Gasteiger partial charge in [-0.1, -0.05) is 115 Å². The molecule has 6 aromatic carbocycles. The molecule has 3 heterocycles. The van der Waals surface area contributed by atoms with E-state index in [0.29, 0.717) is 0 Å². The minimum atomic E-state index is 1.08. The van der Waals surface area contributed by atoms with E-state index < -0.39 is 0 Å². The molecule has 9 aromatic rings. The Bertz CT molecular complexity index is 2540. The van der Waals surface area contributed by atoms with Crippen molar-refractivity contribution in [3.63, 3.8) is 0 Å². The molecule has 0 radical (unpaired) electrons. The highest BCUT2D eigenvalue weighted by Gasteiger charge is 2.18. The molecule has 0 bridgehead atoms. The van der Waals surface area contributed by atoms with E-state index in [2.05, 4.69) is 136 Å². The number of fused-ring (bicyclic) bond motifs is 3. The molecule has 224 valence electrons. The van der Waals surface area contributed by atoms with Crippen molar-refractivity contribution in [3.05, 3.63) is 177 Å². The second-order valence-corrected chi connectivity index (χ2v) is 12.1. The highest BCUT2D eigenvalue weighted by Crippen LogP contribution is 2.46. The van der Waals surface area contributed by atoms with Gasteiger partial charge in [0.05, 0.1) is 0 Å². The highest BCUT2D eigenvalue weighted by molar-refractivity contribution is 6.24. The first-order chi connectivity index (χ1) is 23.8. The van der Waals surface area contributed by atoms with Crippen molar-refractivity contribution < 1.29 is 0 Å². The zero-order chi connectivity index (χ0) is 31.9. The minimum absolute atomic E-state index is 1.08. The number of hydrogen-bond donors (Lipinski definition) is 0. The second-order valence-electron chi connectivity index (χ2n) is 12.1. The van der Waals surface area contributed by atoms with Crippen LogP contribution in [-0.4, -0.2) is 15.0 Å². The Balaban J connectivity index is 1.22. The molecule has 3 aromatic heterocycles. The summed E-state index contributed by atoms with van der Waals surface area (Å²) in [6, 6.07) is 50.3. The third-order valence-electron chi connectivity index (χ3n) is 9.35. The van der Waals surface area contributed by atoms with E-state index in [-0.39, 0.29) is 0 Å². The van der Waals surface area contributed by atoms with E-state index in [0.717, 1.165) is 27.8 Å². The van der Waals surface area contributed by atoms with Gasteiger partial charge in [-0.05, 0) is 95.5 Å². The first-order valence-electron chi connectivity index (χ1n) is 16.2. The Kier molecular flexibility index (Phi) is 6.80. The number of hydrogen-bond acceptors (Lipinski definition) is 3. The van der Waals surface area contributed by atoms with Crippen molar-refractivity contribution in [2.45, 2.75) is 0 Å². The molecular weight excluding hydrogens is 583 g/mol. The monoisotopic (exact) mass is 611 g/mol. The average Bonchev–Trinajstić information content (AvgIpc) is 3.17. The summed E-state index contributed by atoms with van der Waals surface area (Å²) in [6.45, 7) is 0. The van der Waals surface area contributed by atoms with Crippen LogP contribution in [0.4, 0.5) is 0 Å². The first-order valence-corrected chi connectivity index (χ1v) is 16.2. The van der Waals surface area contributed by atoms with Crippen LogP contribution in [0.1, 0.15) is 0 Å². The van der Waals surface area contributed by atoms with Crippen molar-refractivity contribution in [2.75, 3.05) is 0 Å². The molecule has 0 fully saturated rings. The summed E-state index contributed by atoms with van der Waals surface area (Å²) in [4.78, 5) is 13.1. The van der Waals surface area contributed by atoms with Crippen LogP contribution < -0.4 is 0 Å². The standard InChI is InChI=1S/C45H29N3/c1-3-11-42-40(9-1)44(32-19-17-30(18-20-32)34-26-35(29-48-28-34)31-21-24-46-25-22-31)41-10-2-4-12-43(41)45(42)39-16-6-14-37-36(13-5-15-38(37)39)33-8-7-23-47-27-33/h1-29H. The van der Waals surface area contributed by atoms with E-state index in [4.69, 9.17) is 0 Å². The molecule has 0 saturated carbocycles. The normalized spacial score (nSPS) is 11.3. The molecule has 0 saturated heterocycles. The second kappa shape index (κ2) is 11.7. The predicted molar refractivity (Wildman–Crippen MR) is 200 cm³/mol. The fourth-order valence-corrected chi connectivity index (χ4v) is 7.16. The Morgan fingerprint density at radius 2 is 0.792 bits per heavy atom. The van der Waals surface area contributed by atoms with Crippen LogP contribution in [0.2, 0.25) is 0 Å². The number of aromatic nitrogens is 3. The highest BCUT2D eigenvalue weighted by atomic mass is 14.6. The number of pyridine rings is 3. The third-order valence-corrected chi connectivity index (χ3v) is 9.35. The summed E-state index contributed by atoms with van der Waals surface area (Å²) in [7, 11) is 0. The molecule has 0 aliphatic rings. The topological polar surface area (TPSA) is 38.7 Å². The first kappa shape index (κ1) is 27.8. The van der Waals surface area contributed by atoms with Crippen molar-refractivity contribution in [1.82, 2.24) is 15.0 Å². The van der Waals surface area contributed by atoms with Crippen LogP contribution >= 0.6 is 0 Å². The lowest BCUT2D eigenvalue weighted by Gasteiger charge is -2.19. The largest absolute Gasteiger partial charge is 0.265 e. The van der Waals surface area contributed by atoms with Gasteiger partial charge in [-0.3, -0.25) is 15.0 Å². The summed E-state index contributed by atoms with van der Waals surface area (Å²) in [5.41, 5.74) is 11.6. The van der Waals surface area contributed by atoms with Crippen LogP contribution in [0.5, 0.6) is 0 Å². The van der Waals surface area contributed by atoms with Gasteiger partial charge in [-0.15, -0.1) is 0 Å². The molecule has 3 heteroatoms. The van der Waals surface area contributed by atoms with Gasteiger partial charge in [-0.2, -0.15) is 0 Å². The molecule has 48 heavy (non-hydrogen) atoms. The van der Waals surface area contributed by atoms with Gasteiger partial charge >= 0.3 is 0 Å². The lowest BCUT2D eigenvalue weighted by atomic mass is 9.84. The van der Waals surface area contributed by atoms with Gasteiger partial charge < -0.3 is 0 Å². The summed E-state index contributed by atoms with van der Waals surface area (Å²) in [5, 5.41) is 7.40. The van der Waals surface area contributed by atoms with Crippen molar-refractivity contribution in [1.29, 1.82) is 0 Å². The van der Waals surface area contributed by atoms with E-state index in [1.165, 1.54) is 60.1 Å². The average molecular weight is 612 g/mol. The zero-order valence-corrected chi connectivity index (χ0v) is 26.1. The van der Waals surface area contributed by atoms with Crippen LogP contribution in [0, 0.1) is 0 Å². The Labute approximate surface area is 278 Å². The summed E-state index contributed by atoms with van der Waals surface area (Å²) in [6.07, 6.45) is 11.2. The summed E-state index contributed by atoms with van der Waals surface area (Å²) >= 11 is 0. The smallest absolute Gasteiger partial charge is 0.0346 e. The van der Waals surface area contributed by atoms with Gasteiger partial charge in [0.1, 0.15) is 0 Å². The van der Waals surface area contributed by atoms with Crippen molar-refractivity contribution >= 4 is 32.3 Å². The summed E-state index contributed by atoms with van der Waals surface area (Å²) in [5.74, 6) is 0. The molecule has 0 aliphatic heterocycles. The lowest BCUT2D eigenvalue weighted by molar-refractivity contribution is 1.30. The maximum Gasteiger partial charge on any atom is 0.0346 e. The quantitative estimate of drug-likeness (QED) is 0.182. The maximum absolute atomic E-state index is 4.56. The summed E-state index contributed by atoms with van der Waals surface area (Å²) < 4.78 is 0. The molecule has 3 nitrogen and oxygen atoms in total. The van der Waals surface area contributed by atoms with Crippen LogP contribution in [-0.2, 0) is 0 Å². The van der Waals surface area contributed by atoms with Crippen LogP contribution in [0.25, 0.3) is 88.0 Å². The molecular formula is C45H29N3. The van der Waals surface area contributed by atoms with Gasteiger partial charge in [-0.25, -0.2) is 0 Å². The Morgan fingerprint density at radius 1 is 0.271 bits per heavy atom. The van der Waals surface area contributed by atoms with Crippen molar-refractivity contribution in [3.8, 4) is 55.6 Å². The van der Waals surface area contributed by atoms with Gasteiger partial charge in [0.25, 0.3) is 0 Å². The lowest BCUT2D eigenvalue weighted by Crippen LogP contribution is -1.92. The predicted octanol–water partition coefficient (Wildman–Crippen LogP) is 11.7. The minimum Gasteiger partial charge on any atom is -0.265 e. The van der Waals surface area contributed by atoms with Gasteiger partial charge in [0, 0.05) is 53.9 Å². The van der Waals surface area contributed by atoms with E-state index in [1.807, 2.05) is 55.4 Å². The Hall–Kier alpha value is -6.45. The SMILES string of the molecule is c1cncc(-c2cccc3c(-c4c5ccccc5c(-c5ccc(-c6cncc(-c7ccncc7)c6)cc5)c5ccccc45)cccc23)c1. The number of rotatable bonds is 5. The molecule has 0 atom stereocenters. The fraction of sp³-hybridized carbons (Fsp3) is 0. The Morgan fingerprint density at radius 3 is 1.42 bits per heavy atom. The van der Waals surface area contributed by atoms with Crippen molar-refractivity contribution in [2.24, 2.45) is 0 Å². The third kappa shape index (κ3) is 4.72. The molecule has 0 spiro atoms.